The van der Waals surface area contributed by atoms with Gasteiger partial charge >= 0.3 is 13.8 Å². The summed E-state index contributed by atoms with van der Waals surface area (Å²) < 4.78 is 33.5. The van der Waals surface area contributed by atoms with Gasteiger partial charge in [0.15, 0.2) is 0 Å². The molecule has 0 spiro atoms. The van der Waals surface area contributed by atoms with Crippen LogP contribution in [-0.4, -0.2) is 49.9 Å². The first-order chi connectivity index (χ1) is 29.4. The number of carbonyl (C=O) groups excluding carboxylic acids is 1. The zero-order chi connectivity index (χ0) is 43.7. The van der Waals surface area contributed by atoms with E-state index in [2.05, 4.69) is 98.9 Å². The van der Waals surface area contributed by atoms with Crippen LogP contribution in [0.15, 0.2) is 85.1 Å². The maximum atomic E-state index is 12.6. The third-order valence-corrected chi connectivity index (χ3v) is 10.8. The number of rotatable bonds is 45. The summed E-state index contributed by atoms with van der Waals surface area (Å²) in [5, 5.41) is 0. The summed E-state index contributed by atoms with van der Waals surface area (Å²) in [5.41, 5.74) is 5.38. The molecule has 0 fully saturated rings. The van der Waals surface area contributed by atoms with Crippen molar-refractivity contribution in [3.05, 3.63) is 85.1 Å². The summed E-state index contributed by atoms with van der Waals surface area (Å²) in [5.74, 6) is -0.350. The fourth-order valence-corrected chi connectivity index (χ4v) is 7.05. The van der Waals surface area contributed by atoms with E-state index < -0.39 is 13.9 Å². The lowest BCUT2D eigenvalue weighted by atomic mass is 10.0. The van der Waals surface area contributed by atoms with Gasteiger partial charge < -0.3 is 20.1 Å². The fraction of sp³-hybridized carbons (Fsp3) is 0.706. The number of carbonyl (C=O) groups is 1. The Hall–Kier alpha value is -2.32. The van der Waals surface area contributed by atoms with Crippen LogP contribution >= 0.6 is 7.82 Å². The van der Waals surface area contributed by atoms with Crippen molar-refractivity contribution in [2.45, 2.75) is 200 Å². The van der Waals surface area contributed by atoms with Gasteiger partial charge in [-0.05, 0) is 89.9 Å². The number of hydrogen-bond donors (Lipinski definition) is 2. The lowest BCUT2D eigenvalue weighted by Crippen LogP contribution is -2.28. The summed E-state index contributed by atoms with van der Waals surface area (Å²) in [7, 11) is -4.30. The van der Waals surface area contributed by atoms with Crippen LogP contribution in [-0.2, 0) is 27.9 Å². The van der Waals surface area contributed by atoms with Gasteiger partial charge in [0.05, 0.1) is 19.8 Å². The molecule has 60 heavy (non-hydrogen) atoms. The second-order valence-electron chi connectivity index (χ2n) is 15.6. The second kappa shape index (κ2) is 47.7. The van der Waals surface area contributed by atoms with E-state index in [1.807, 2.05) is 0 Å². The quantitative estimate of drug-likeness (QED) is 0.0269. The predicted molar refractivity (Wildman–Crippen MR) is 256 cm³/mol. The van der Waals surface area contributed by atoms with E-state index in [4.69, 9.17) is 24.3 Å². The first kappa shape index (κ1) is 57.7. The lowest BCUT2D eigenvalue weighted by Gasteiger charge is -2.20. The first-order valence-corrected chi connectivity index (χ1v) is 25.6. The Morgan fingerprint density at radius 3 is 1.40 bits per heavy atom. The van der Waals surface area contributed by atoms with Crippen LogP contribution in [0.25, 0.3) is 0 Å². The molecule has 0 saturated carbocycles. The highest BCUT2D eigenvalue weighted by molar-refractivity contribution is 7.47. The van der Waals surface area contributed by atoms with Crippen molar-refractivity contribution >= 4 is 13.8 Å². The molecular weight excluding hydrogens is 770 g/mol. The number of ether oxygens (including phenoxy) is 2. The number of esters is 1. The third-order valence-electron chi connectivity index (χ3n) is 9.80. The summed E-state index contributed by atoms with van der Waals surface area (Å²) in [6.07, 6.45) is 61.9. The molecule has 0 aliphatic carbocycles. The molecular formula is C51H90NO7P. The van der Waals surface area contributed by atoms with Crippen molar-refractivity contribution in [1.82, 2.24) is 0 Å². The molecule has 0 aromatic carbocycles. The molecule has 0 bridgehead atoms. The lowest BCUT2D eigenvalue weighted by molar-refractivity contribution is -0.154. The zero-order valence-corrected chi connectivity index (χ0v) is 39.3. The molecule has 0 amide bonds. The minimum Gasteiger partial charge on any atom is -0.457 e. The molecule has 2 atom stereocenters. The van der Waals surface area contributed by atoms with Gasteiger partial charge in [0.2, 0.25) is 0 Å². The van der Waals surface area contributed by atoms with Gasteiger partial charge in [-0.1, -0.05) is 182 Å². The van der Waals surface area contributed by atoms with Crippen molar-refractivity contribution in [2.24, 2.45) is 5.73 Å². The Bertz CT molecular complexity index is 1190. The van der Waals surface area contributed by atoms with Gasteiger partial charge in [-0.25, -0.2) is 4.57 Å². The smallest absolute Gasteiger partial charge is 0.457 e. The minimum absolute atomic E-state index is 0.0819. The number of phosphoric ester groups is 1. The molecule has 0 heterocycles. The standard InChI is InChI=1S/C51H90NO7P/c1-3-5-7-9-11-13-15-17-19-21-23-24-25-26-27-28-30-32-34-36-38-40-42-44-51(53)59-50(49-58-60(54,55)57-47-45-52)48-56-46-43-41-39-37-35-33-31-29-22-20-18-16-14-12-10-8-6-4-2/h6,8,12,14-15,17-18,20-21,23,29,31,35,37,50H,3-5,7,9-11,13,16,19,22,24-28,30,32-34,36,38-49,52H2,1-2H3,(H,54,55)/b8-6-,14-12-,17-15-,20-18-,23-21-,31-29-,37-35-. The molecule has 3 N–H and O–H groups in total. The van der Waals surface area contributed by atoms with E-state index in [9.17, 15) is 14.3 Å². The third kappa shape index (κ3) is 46.7. The van der Waals surface area contributed by atoms with Crippen LogP contribution in [0, 0.1) is 0 Å². The van der Waals surface area contributed by atoms with E-state index in [0.717, 1.165) is 77.0 Å². The van der Waals surface area contributed by atoms with Crippen molar-refractivity contribution in [3.63, 3.8) is 0 Å². The number of hydrogen-bond acceptors (Lipinski definition) is 7. The van der Waals surface area contributed by atoms with E-state index in [1.54, 1.807) is 0 Å². The topological polar surface area (TPSA) is 117 Å². The largest absolute Gasteiger partial charge is 0.472 e. The van der Waals surface area contributed by atoms with E-state index in [1.165, 1.54) is 96.3 Å². The van der Waals surface area contributed by atoms with Crippen molar-refractivity contribution in [1.29, 1.82) is 0 Å². The highest BCUT2D eigenvalue weighted by Gasteiger charge is 2.25. The molecule has 0 aliphatic rings. The van der Waals surface area contributed by atoms with Gasteiger partial charge in [0.1, 0.15) is 6.10 Å². The van der Waals surface area contributed by atoms with Crippen molar-refractivity contribution in [3.8, 4) is 0 Å². The average Bonchev–Trinajstić information content (AvgIpc) is 3.24. The number of allylic oxidation sites excluding steroid dienone is 14. The highest BCUT2D eigenvalue weighted by atomic mass is 31.2. The molecule has 9 heteroatoms. The maximum absolute atomic E-state index is 12.6. The molecule has 0 rings (SSSR count). The Morgan fingerprint density at radius 2 is 0.933 bits per heavy atom. The molecule has 8 nitrogen and oxygen atoms in total. The van der Waals surface area contributed by atoms with Crippen LogP contribution in [0.3, 0.4) is 0 Å². The molecule has 0 radical (unpaired) electrons. The van der Waals surface area contributed by atoms with Gasteiger partial charge in [0.25, 0.3) is 0 Å². The van der Waals surface area contributed by atoms with Gasteiger partial charge in [0, 0.05) is 19.6 Å². The highest BCUT2D eigenvalue weighted by Crippen LogP contribution is 2.43. The van der Waals surface area contributed by atoms with Crippen LogP contribution < -0.4 is 5.73 Å². The SMILES string of the molecule is CC/C=C\C/C=C\C/C=C\C/C=C\C/C=C\CCCCOCC(COP(=O)(O)OCCN)OC(=O)CCCCCCCCCCCCC/C=C\C/C=C\CCCCCCC. The zero-order valence-electron chi connectivity index (χ0n) is 38.4. The van der Waals surface area contributed by atoms with Gasteiger partial charge in [-0.3, -0.25) is 13.8 Å². The molecule has 2 unspecified atom stereocenters. The maximum Gasteiger partial charge on any atom is 0.472 e. The molecule has 346 valence electrons. The summed E-state index contributed by atoms with van der Waals surface area (Å²) in [6, 6.07) is 0. The normalized spacial score (nSPS) is 14.1. The minimum atomic E-state index is -4.30. The Balaban J connectivity index is 4.05. The molecule has 0 aromatic heterocycles. The number of unbranched alkanes of at least 4 members (excludes halogenated alkanes) is 18. The Labute approximate surface area is 368 Å². The molecule has 0 saturated heterocycles. The monoisotopic (exact) mass is 860 g/mol. The Morgan fingerprint density at radius 1 is 0.517 bits per heavy atom. The van der Waals surface area contributed by atoms with Gasteiger partial charge in [-0.15, -0.1) is 0 Å². The molecule has 0 aliphatic heterocycles. The summed E-state index contributed by atoms with van der Waals surface area (Å²) >= 11 is 0. The van der Waals surface area contributed by atoms with Crippen LogP contribution in [0.4, 0.5) is 0 Å². The summed E-state index contributed by atoms with van der Waals surface area (Å²) in [4.78, 5) is 22.6. The van der Waals surface area contributed by atoms with Crippen LogP contribution in [0.5, 0.6) is 0 Å². The van der Waals surface area contributed by atoms with E-state index >= 15 is 0 Å². The van der Waals surface area contributed by atoms with E-state index in [0.29, 0.717) is 13.0 Å². The fourth-order valence-electron chi connectivity index (χ4n) is 6.29. The second-order valence-corrected chi connectivity index (χ2v) is 17.0. The van der Waals surface area contributed by atoms with Gasteiger partial charge in [-0.2, -0.15) is 0 Å². The number of nitrogens with two attached hydrogens (primary N) is 1. The average molecular weight is 860 g/mol. The van der Waals surface area contributed by atoms with E-state index in [-0.39, 0.29) is 32.3 Å². The number of phosphoric acid groups is 1. The predicted octanol–water partition coefficient (Wildman–Crippen LogP) is 14.9. The van der Waals surface area contributed by atoms with Crippen molar-refractivity contribution in [2.75, 3.05) is 33.0 Å². The molecule has 0 aromatic rings. The Kier molecular flexibility index (Phi) is 45.9. The van der Waals surface area contributed by atoms with Crippen LogP contribution in [0.2, 0.25) is 0 Å². The van der Waals surface area contributed by atoms with Crippen LogP contribution in [0.1, 0.15) is 194 Å². The van der Waals surface area contributed by atoms with Crippen molar-refractivity contribution < 1.29 is 32.8 Å². The first-order valence-electron chi connectivity index (χ1n) is 24.1. The summed E-state index contributed by atoms with van der Waals surface area (Å²) in [6.45, 7) is 4.68.